The Kier molecular flexibility index (Phi) is 3.12. The van der Waals surface area contributed by atoms with Crippen molar-refractivity contribution in [2.45, 2.75) is 13.1 Å². The molecule has 5 heteroatoms. The third kappa shape index (κ3) is 2.36. The third-order valence-corrected chi connectivity index (χ3v) is 3.93. The molecule has 3 heterocycles. The van der Waals surface area contributed by atoms with Crippen molar-refractivity contribution in [3.63, 3.8) is 0 Å². The predicted molar refractivity (Wildman–Crippen MR) is 86.9 cm³/mol. The Bertz CT molecular complexity index is 871. The average molecular weight is 305 g/mol. The summed E-state index contributed by atoms with van der Waals surface area (Å²) in [4.78, 5) is 16.5. The quantitative estimate of drug-likeness (QED) is 0.760. The molecule has 2 N–H and O–H groups in total. The lowest BCUT2D eigenvalue weighted by Crippen LogP contribution is -2.38. The predicted octanol–water partition coefficient (Wildman–Crippen LogP) is 3.50. The maximum atomic E-state index is 12.4. The van der Waals surface area contributed by atoms with E-state index < -0.39 is 0 Å². The summed E-state index contributed by atoms with van der Waals surface area (Å²) in [6, 6.07) is 13.3. The molecule has 1 unspecified atom stereocenters. The molecular formula is C18H15N3O2. The first-order chi connectivity index (χ1) is 11.2. The lowest BCUT2D eigenvalue weighted by Gasteiger charge is -2.27. The topological polar surface area (TPSA) is 67.2 Å². The fraction of sp³-hybridized carbons (Fsp3) is 0.111. The van der Waals surface area contributed by atoms with Crippen molar-refractivity contribution in [2.75, 3.05) is 5.32 Å². The lowest BCUT2D eigenvalue weighted by molar-refractivity contribution is 0.0930. The fourth-order valence-corrected chi connectivity index (χ4v) is 2.80. The van der Waals surface area contributed by atoms with Crippen LogP contribution in [0.4, 0.5) is 5.69 Å². The SMILES string of the molecule is Cc1cccc2c1C(=O)NC(c1ccc(-c3cccnc3)o1)N2. The number of amides is 1. The van der Waals surface area contributed by atoms with Crippen LogP contribution in [0.2, 0.25) is 0 Å². The minimum absolute atomic E-state index is 0.0961. The molecule has 0 saturated carbocycles. The molecule has 0 bridgehead atoms. The largest absolute Gasteiger partial charge is 0.457 e. The van der Waals surface area contributed by atoms with Gasteiger partial charge in [0, 0.05) is 23.6 Å². The molecule has 1 atom stereocenters. The number of benzene rings is 1. The number of hydrogen-bond donors (Lipinski definition) is 2. The highest BCUT2D eigenvalue weighted by atomic mass is 16.3. The Morgan fingerprint density at radius 2 is 2.00 bits per heavy atom. The number of carbonyl (C=O) groups excluding carboxylic acids is 1. The zero-order valence-corrected chi connectivity index (χ0v) is 12.5. The molecule has 0 saturated heterocycles. The Balaban J connectivity index is 1.66. The first-order valence-corrected chi connectivity index (χ1v) is 7.39. The lowest BCUT2D eigenvalue weighted by atomic mass is 10.0. The van der Waals surface area contributed by atoms with Crippen molar-refractivity contribution >= 4 is 11.6 Å². The Labute approximate surface area is 133 Å². The normalized spacial score (nSPS) is 16.4. The minimum Gasteiger partial charge on any atom is -0.457 e. The number of aryl methyl sites for hydroxylation is 1. The number of anilines is 1. The number of carbonyl (C=O) groups is 1. The first-order valence-electron chi connectivity index (χ1n) is 7.39. The molecular weight excluding hydrogens is 290 g/mol. The molecule has 4 rings (SSSR count). The number of nitrogens with one attached hydrogen (secondary N) is 2. The van der Waals surface area contributed by atoms with Gasteiger partial charge in [-0.05, 0) is 42.8 Å². The van der Waals surface area contributed by atoms with Gasteiger partial charge < -0.3 is 15.1 Å². The molecule has 3 aromatic rings. The van der Waals surface area contributed by atoms with E-state index in [0.717, 1.165) is 22.6 Å². The van der Waals surface area contributed by atoms with Gasteiger partial charge in [-0.25, -0.2) is 0 Å². The maximum Gasteiger partial charge on any atom is 0.255 e. The summed E-state index contributed by atoms with van der Waals surface area (Å²) >= 11 is 0. The van der Waals surface area contributed by atoms with E-state index in [-0.39, 0.29) is 12.1 Å². The van der Waals surface area contributed by atoms with E-state index in [9.17, 15) is 4.79 Å². The molecule has 0 spiro atoms. The first kappa shape index (κ1) is 13.6. The van der Waals surface area contributed by atoms with Crippen LogP contribution in [0, 0.1) is 6.92 Å². The van der Waals surface area contributed by atoms with Crippen LogP contribution in [-0.4, -0.2) is 10.9 Å². The standard InChI is InChI=1S/C18H15N3O2/c1-11-4-2-6-13-16(11)18(22)21-17(20-13)15-8-7-14(23-15)12-5-3-9-19-10-12/h2-10,17,20H,1H3,(H,21,22). The van der Waals surface area contributed by atoms with Crippen molar-refractivity contribution in [3.8, 4) is 11.3 Å². The molecule has 114 valence electrons. The van der Waals surface area contributed by atoms with Gasteiger partial charge in [0.05, 0.1) is 5.56 Å². The Morgan fingerprint density at radius 3 is 2.83 bits per heavy atom. The smallest absolute Gasteiger partial charge is 0.255 e. The zero-order chi connectivity index (χ0) is 15.8. The number of pyridine rings is 1. The van der Waals surface area contributed by atoms with Crippen LogP contribution in [0.25, 0.3) is 11.3 Å². The van der Waals surface area contributed by atoms with Gasteiger partial charge in [0.2, 0.25) is 0 Å². The molecule has 2 aromatic heterocycles. The summed E-state index contributed by atoms with van der Waals surface area (Å²) < 4.78 is 5.89. The second-order valence-electron chi connectivity index (χ2n) is 5.49. The van der Waals surface area contributed by atoms with Crippen LogP contribution in [0.3, 0.4) is 0 Å². The number of aromatic nitrogens is 1. The second kappa shape index (κ2) is 5.28. The van der Waals surface area contributed by atoms with Crippen molar-refractivity contribution in [2.24, 2.45) is 0 Å². The molecule has 0 radical (unpaired) electrons. The van der Waals surface area contributed by atoms with E-state index in [1.165, 1.54) is 0 Å². The minimum atomic E-state index is -0.387. The van der Waals surface area contributed by atoms with Gasteiger partial charge in [0.1, 0.15) is 11.5 Å². The Hall–Kier alpha value is -3.08. The van der Waals surface area contributed by atoms with Crippen LogP contribution >= 0.6 is 0 Å². The Morgan fingerprint density at radius 1 is 1.09 bits per heavy atom. The molecule has 0 aliphatic carbocycles. The van der Waals surface area contributed by atoms with Crippen LogP contribution in [-0.2, 0) is 0 Å². The molecule has 0 fully saturated rings. The van der Waals surface area contributed by atoms with E-state index in [1.54, 1.807) is 12.4 Å². The number of hydrogen-bond acceptors (Lipinski definition) is 4. The number of fused-ring (bicyclic) bond motifs is 1. The van der Waals surface area contributed by atoms with Crippen LogP contribution < -0.4 is 10.6 Å². The van der Waals surface area contributed by atoms with E-state index in [0.29, 0.717) is 11.3 Å². The highest BCUT2D eigenvalue weighted by Gasteiger charge is 2.27. The summed E-state index contributed by atoms with van der Waals surface area (Å²) in [5.41, 5.74) is 3.35. The zero-order valence-electron chi connectivity index (χ0n) is 12.5. The summed E-state index contributed by atoms with van der Waals surface area (Å²) in [7, 11) is 0. The van der Waals surface area contributed by atoms with Gasteiger partial charge in [0.15, 0.2) is 6.17 Å². The van der Waals surface area contributed by atoms with Gasteiger partial charge >= 0.3 is 0 Å². The van der Waals surface area contributed by atoms with Gasteiger partial charge in [-0.2, -0.15) is 0 Å². The highest BCUT2D eigenvalue weighted by Crippen LogP contribution is 2.31. The number of rotatable bonds is 2. The van der Waals surface area contributed by atoms with Crippen molar-refractivity contribution in [1.82, 2.24) is 10.3 Å². The molecule has 5 nitrogen and oxygen atoms in total. The number of nitrogens with zero attached hydrogens (tertiary/aromatic N) is 1. The molecule has 23 heavy (non-hydrogen) atoms. The van der Waals surface area contributed by atoms with E-state index in [1.807, 2.05) is 49.4 Å². The molecule has 1 aliphatic rings. The van der Waals surface area contributed by atoms with Gasteiger partial charge in [-0.3, -0.25) is 9.78 Å². The van der Waals surface area contributed by atoms with Crippen molar-refractivity contribution in [3.05, 3.63) is 71.7 Å². The van der Waals surface area contributed by atoms with E-state index in [4.69, 9.17) is 4.42 Å². The van der Waals surface area contributed by atoms with Gasteiger partial charge in [0.25, 0.3) is 5.91 Å². The molecule has 1 aromatic carbocycles. The molecule has 1 amide bonds. The van der Waals surface area contributed by atoms with E-state index in [2.05, 4.69) is 15.6 Å². The van der Waals surface area contributed by atoms with Crippen LogP contribution in [0.5, 0.6) is 0 Å². The fourth-order valence-electron chi connectivity index (χ4n) is 2.80. The summed E-state index contributed by atoms with van der Waals surface area (Å²) in [5.74, 6) is 1.28. The molecule has 1 aliphatic heterocycles. The second-order valence-corrected chi connectivity index (χ2v) is 5.49. The monoisotopic (exact) mass is 305 g/mol. The van der Waals surface area contributed by atoms with Gasteiger partial charge in [-0.1, -0.05) is 12.1 Å². The van der Waals surface area contributed by atoms with Crippen LogP contribution in [0.1, 0.15) is 27.8 Å². The van der Waals surface area contributed by atoms with Gasteiger partial charge in [-0.15, -0.1) is 0 Å². The summed E-state index contributed by atoms with van der Waals surface area (Å²) in [6.45, 7) is 1.92. The van der Waals surface area contributed by atoms with Crippen molar-refractivity contribution in [1.29, 1.82) is 0 Å². The van der Waals surface area contributed by atoms with Crippen molar-refractivity contribution < 1.29 is 9.21 Å². The average Bonchev–Trinajstić information content (AvgIpc) is 3.05. The third-order valence-electron chi connectivity index (χ3n) is 3.93. The number of furan rings is 1. The van der Waals surface area contributed by atoms with E-state index >= 15 is 0 Å². The maximum absolute atomic E-state index is 12.4. The summed E-state index contributed by atoms with van der Waals surface area (Å²) in [6.07, 6.45) is 3.08. The highest BCUT2D eigenvalue weighted by molar-refractivity contribution is 6.03. The summed E-state index contributed by atoms with van der Waals surface area (Å²) in [5, 5.41) is 6.24. The van der Waals surface area contributed by atoms with Crippen LogP contribution in [0.15, 0.2) is 59.3 Å².